The summed E-state index contributed by atoms with van der Waals surface area (Å²) in [6.07, 6.45) is -3.74. The van der Waals surface area contributed by atoms with Crippen LogP contribution >= 0.6 is 0 Å². The molecule has 0 aliphatic carbocycles. The third kappa shape index (κ3) is 3.53. The Hall–Kier alpha value is -2.05. The summed E-state index contributed by atoms with van der Waals surface area (Å²) in [6, 6.07) is 4.14. The number of aromatic nitrogens is 2. The molecule has 0 unspecified atom stereocenters. The van der Waals surface area contributed by atoms with Crippen molar-refractivity contribution in [2.24, 2.45) is 7.05 Å². The number of nitrogens with one attached hydrogen (secondary N) is 1. The lowest BCUT2D eigenvalue weighted by molar-refractivity contribution is -0.137. The van der Waals surface area contributed by atoms with Crippen molar-refractivity contribution in [2.45, 2.75) is 26.1 Å². The molecule has 0 amide bonds. The molecule has 3 nitrogen and oxygen atoms in total. The molecule has 2 aromatic rings. The molecular formula is C14H15F4N3. The van der Waals surface area contributed by atoms with Crippen LogP contribution in [0, 0.1) is 5.82 Å². The van der Waals surface area contributed by atoms with Gasteiger partial charge in [0.25, 0.3) is 0 Å². The van der Waals surface area contributed by atoms with Crippen LogP contribution < -0.4 is 5.32 Å². The fraction of sp³-hybridized carbons (Fsp3) is 0.357. The van der Waals surface area contributed by atoms with Gasteiger partial charge in [0, 0.05) is 7.05 Å². The van der Waals surface area contributed by atoms with Gasteiger partial charge in [-0.05, 0) is 30.7 Å². The predicted octanol–water partition coefficient (Wildman–Crippen LogP) is 3.75. The van der Waals surface area contributed by atoms with Crippen molar-refractivity contribution in [1.82, 2.24) is 9.78 Å². The van der Waals surface area contributed by atoms with E-state index in [2.05, 4.69) is 10.4 Å². The molecule has 0 aliphatic heterocycles. The lowest BCUT2D eigenvalue weighted by atomic mass is 10.2. The van der Waals surface area contributed by atoms with Crippen molar-refractivity contribution < 1.29 is 17.6 Å². The average molecular weight is 301 g/mol. The van der Waals surface area contributed by atoms with Crippen LogP contribution in [0.1, 0.15) is 23.9 Å². The summed E-state index contributed by atoms with van der Waals surface area (Å²) in [4.78, 5) is 0. The highest BCUT2D eigenvalue weighted by Crippen LogP contribution is 2.31. The van der Waals surface area contributed by atoms with E-state index >= 15 is 0 Å². The molecule has 7 heteroatoms. The van der Waals surface area contributed by atoms with Crippen LogP contribution in [0.25, 0.3) is 0 Å². The highest BCUT2D eigenvalue weighted by molar-refractivity contribution is 5.48. The highest BCUT2D eigenvalue weighted by Gasteiger charge is 2.31. The Morgan fingerprint density at radius 1 is 1.24 bits per heavy atom. The van der Waals surface area contributed by atoms with Gasteiger partial charge in [-0.2, -0.15) is 18.3 Å². The van der Waals surface area contributed by atoms with E-state index < -0.39 is 17.6 Å². The van der Waals surface area contributed by atoms with Crippen LogP contribution in [-0.4, -0.2) is 9.78 Å². The molecule has 0 aliphatic rings. The number of nitrogens with zero attached hydrogens (tertiary/aromatic N) is 2. The SMILES string of the molecule is CCc1cc(CNc2cc(C(F)(F)F)ccc2F)n(C)n1. The first kappa shape index (κ1) is 15.3. The first-order valence-corrected chi connectivity index (χ1v) is 6.43. The van der Waals surface area contributed by atoms with E-state index in [1.54, 1.807) is 11.7 Å². The fourth-order valence-electron chi connectivity index (χ4n) is 1.93. The zero-order valence-electron chi connectivity index (χ0n) is 11.6. The van der Waals surface area contributed by atoms with Gasteiger partial charge in [-0.15, -0.1) is 0 Å². The van der Waals surface area contributed by atoms with Crippen molar-refractivity contribution in [3.63, 3.8) is 0 Å². The molecule has 1 aromatic heterocycles. The lowest BCUT2D eigenvalue weighted by Crippen LogP contribution is -2.09. The van der Waals surface area contributed by atoms with E-state index in [1.807, 2.05) is 13.0 Å². The van der Waals surface area contributed by atoms with Gasteiger partial charge in [0.1, 0.15) is 5.82 Å². The summed E-state index contributed by atoms with van der Waals surface area (Å²) in [5, 5.41) is 6.91. The van der Waals surface area contributed by atoms with Gasteiger partial charge < -0.3 is 5.32 Å². The van der Waals surface area contributed by atoms with Crippen LogP contribution in [0.4, 0.5) is 23.2 Å². The zero-order valence-corrected chi connectivity index (χ0v) is 11.6. The quantitative estimate of drug-likeness (QED) is 0.872. The number of benzene rings is 1. The lowest BCUT2D eigenvalue weighted by Gasteiger charge is -2.11. The number of alkyl halides is 3. The van der Waals surface area contributed by atoms with Gasteiger partial charge in [-0.1, -0.05) is 6.92 Å². The molecule has 0 bridgehead atoms. The maximum Gasteiger partial charge on any atom is 0.416 e. The van der Waals surface area contributed by atoms with Crippen molar-refractivity contribution in [3.8, 4) is 0 Å². The molecule has 1 N–H and O–H groups in total. The molecule has 0 radical (unpaired) electrons. The Balaban J connectivity index is 2.17. The summed E-state index contributed by atoms with van der Waals surface area (Å²) in [7, 11) is 1.73. The van der Waals surface area contributed by atoms with Crippen molar-refractivity contribution in [3.05, 3.63) is 47.0 Å². The molecule has 1 heterocycles. The van der Waals surface area contributed by atoms with Crippen LogP contribution in [-0.2, 0) is 26.2 Å². The van der Waals surface area contributed by atoms with Gasteiger partial charge >= 0.3 is 6.18 Å². The smallest absolute Gasteiger partial charge is 0.377 e. The van der Waals surface area contributed by atoms with Gasteiger partial charge in [0.2, 0.25) is 0 Å². The molecule has 21 heavy (non-hydrogen) atoms. The van der Waals surface area contributed by atoms with E-state index in [0.717, 1.165) is 36.0 Å². The van der Waals surface area contributed by atoms with E-state index in [-0.39, 0.29) is 12.2 Å². The van der Waals surface area contributed by atoms with Gasteiger partial charge in [-0.3, -0.25) is 4.68 Å². The number of hydrogen-bond acceptors (Lipinski definition) is 2. The minimum absolute atomic E-state index is 0.177. The second-order valence-corrected chi connectivity index (χ2v) is 4.65. The van der Waals surface area contributed by atoms with Crippen molar-refractivity contribution in [2.75, 3.05) is 5.32 Å². The van der Waals surface area contributed by atoms with Gasteiger partial charge in [0.05, 0.1) is 29.2 Å². The van der Waals surface area contributed by atoms with Crippen molar-refractivity contribution in [1.29, 1.82) is 0 Å². The summed E-state index contributed by atoms with van der Waals surface area (Å²) < 4.78 is 53.0. The molecule has 0 spiro atoms. The minimum atomic E-state index is -4.49. The van der Waals surface area contributed by atoms with Crippen LogP contribution in [0.15, 0.2) is 24.3 Å². The normalized spacial score (nSPS) is 11.7. The summed E-state index contributed by atoms with van der Waals surface area (Å²) in [6.45, 7) is 2.15. The molecule has 0 saturated heterocycles. The topological polar surface area (TPSA) is 29.9 Å². The van der Waals surface area contributed by atoms with Crippen LogP contribution in [0.3, 0.4) is 0 Å². The third-order valence-corrected chi connectivity index (χ3v) is 3.14. The zero-order chi connectivity index (χ0) is 15.6. The third-order valence-electron chi connectivity index (χ3n) is 3.14. The van der Waals surface area contributed by atoms with Gasteiger partial charge in [-0.25, -0.2) is 4.39 Å². The maximum absolute atomic E-state index is 13.6. The Labute approximate surface area is 119 Å². The molecule has 1 aromatic carbocycles. The van der Waals surface area contributed by atoms with E-state index in [9.17, 15) is 17.6 Å². The molecule has 0 saturated carbocycles. The summed E-state index contributed by atoms with van der Waals surface area (Å²) in [5.74, 6) is -0.721. The Morgan fingerprint density at radius 3 is 2.52 bits per heavy atom. The second-order valence-electron chi connectivity index (χ2n) is 4.65. The minimum Gasteiger partial charge on any atom is -0.377 e. The van der Waals surface area contributed by atoms with E-state index in [1.165, 1.54) is 0 Å². The number of halogens is 4. The second kappa shape index (κ2) is 5.75. The molecule has 114 valence electrons. The molecule has 0 atom stereocenters. The summed E-state index contributed by atoms with van der Waals surface area (Å²) >= 11 is 0. The highest BCUT2D eigenvalue weighted by atomic mass is 19.4. The monoisotopic (exact) mass is 301 g/mol. The van der Waals surface area contributed by atoms with E-state index in [0.29, 0.717) is 0 Å². The fourth-order valence-corrected chi connectivity index (χ4v) is 1.93. The van der Waals surface area contributed by atoms with E-state index in [4.69, 9.17) is 0 Å². The first-order valence-electron chi connectivity index (χ1n) is 6.43. The molecular weight excluding hydrogens is 286 g/mol. The standard InChI is InChI=1S/C14H15F4N3/c1-3-10-7-11(21(2)20-10)8-19-13-6-9(14(16,17)18)4-5-12(13)15/h4-7,19H,3,8H2,1-2H3. The van der Waals surface area contributed by atoms with Crippen LogP contribution in [0.2, 0.25) is 0 Å². The molecule has 2 rings (SSSR count). The van der Waals surface area contributed by atoms with Crippen LogP contribution in [0.5, 0.6) is 0 Å². The first-order chi connectivity index (χ1) is 9.81. The number of hydrogen-bond donors (Lipinski definition) is 1. The maximum atomic E-state index is 13.6. The van der Waals surface area contributed by atoms with Crippen molar-refractivity contribution >= 4 is 5.69 Å². The number of rotatable bonds is 4. The van der Waals surface area contributed by atoms with Gasteiger partial charge in [0.15, 0.2) is 0 Å². The largest absolute Gasteiger partial charge is 0.416 e. The predicted molar refractivity (Wildman–Crippen MR) is 71.3 cm³/mol. The summed E-state index contributed by atoms with van der Waals surface area (Å²) in [5.41, 5.74) is 0.581. The Bertz CT molecular complexity index is 632. The Kier molecular flexibility index (Phi) is 4.20. The number of anilines is 1. The Morgan fingerprint density at radius 2 is 1.95 bits per heavy atom. The number of aryl methyl sites for hydroxylation is 2. The average Bonchev–Trinajstić information content (AvgIpc) is 2.77. The molecule has 0 fully saturated rings.